The van der Waals surface area contributed by atoms with Crippen molar-refractivity contribution in [2.24, 2.45) is 0 Å². The molecule has 0 spiro atoms. The summed E-state index contributed by atoms with van der Waals surface area (Å²) in [6.45, 7) is 4.06. The number of nitrogens with zero attached hydrogens (tertiary/aromatic N) is 1. The van der Waals surface area contributed by atoms with E-state index in [9.17, 15) is 4.79 Å². The third-order valence-electron chi connectivity index (χ3n) is 5.08. The van der Waals surface area contributed by atoms with Gasteiger partial charge < -0.3 is 19.5 Å². The summed E-state index contributed by atoms with van der Waals surface area (Å²) in [5.41, 5.74) is 0.0455. The monoisotopic (exact) mass is 370 g/mol. The lowest BCUT2D eigenvalue weighted by Crippen LogP contribution is -2.65. The quantitative estimate of drug-likeness (QED) is 0.773. The van der Waals surface area contributed by atoms with Crippen LogP contribution in [0.1, 0.15) is 13.3 Å². The molecule has 1 aliphatic heterocycles. The minimum atomic E-state index is -0.561. The molecule has 6 nitrogen and oxygen atoms in total. The molecule has 2 aromatic carbocycles. The lowest BCUT2D eigenvalue weighted by molar-refractivity contribution is -0.135. The fourth-order valence-corrected chi connectivity index (χ4v) is 3.18. The van der Waals surface area contributed by atoms with Crippen LogP contribution in [-0.2, 0) is 4.79 Å². The van der Waals surface area contributed by atoms with Crippen LogP contribution in [0.2, 0.25) is 0 Å². The number of anilines is 1. The molecule has 3 rings (SSSR count). The zero-order valence-electron chi connectivity index (χ0n) is 16.0. The van der Waals surface area contributed by atoms with Crippen LogP contribution in [0, 0.1) is 0 Å². The van der Waals surface area contributed by atoms with Crippen molar-refractivity contribution in [2.45, 2.75) is 18.9 Å². The van der Waals surface area contributed by atoms with Gasteiger partial charge in [0, 0.05) is 19.2 Å². The average Bonchev–Trinajstić information content (AvgIpc) is 2.70. The second-order valence-corrected chi connectivity index (χ2v) is 6.69. The van der Waals surface area contributed by atoms with Crippen LogP contribution < -0.4 is 19.5 Å². The lowest BCUT2D eigenvalue weighted by Gasteiger charge is -2.49. The van der Waals surface area contributed by atoms with Gasteiger partial charge in [-0.2, -0.15) is 0 Å². The largest absolute Gasteiger partial charge is 0.497 e. The van der Waals surface area contributed by atoms with Gasteiger partial charge >= 0.3 is 0 Å². The molecule has 1 N–H and O–H groups in total. The van der Waals surface area contributed by atoms with E-state index in [1.165, 1.54) is 0 Å². The van der Waals surface area contributed by atoms with E-state index >= 15 is 0 Å². The molecule has 1 atom stereocenters. The van der Waals surface area contributed by atoms with Crippen molar-refractivity contribution < 1.29 is 19.0 Å². The summed E-state index contributed by atoms with van der Waals surface area (Å²) >= 11 is 0. The molecule has 1 unspecified atom stereocenters. The zero-order valence-corrected chi connectivity index (χ0v) is 16.0. The Balaban J connectivity index is 1.60. The lowest BCUT2D eigenvalue weighted by atomic mass is 9.85. The van der Waals surface area contributed by atoms with E-state index in [0.29, 0.717) is 30.3 Å². The smallest absolute Gasteiger partial charge is 0.244 e. The number of carbonyl (C=O) groups is 1. The fraction of sp³-hybridized carbons (Fsp3) is 0.381. The number of methoxy groups -OCH3 is 2. The Labute approximate surface area is 160 Å². The van der Waals surface area contributed by atoms with Crippen molar-refractivity contribution >= 4 is 11.6 Å². The molecule has 0 aliphatic carbocycles. The van der Waals surface area contributed by atoms with Crippen molar-refractivity contribution in [2.75, 3.05) is 39.2 Å². The van der Waals surface area contributed by atoms with E-state index in [1.807, 2.05) is 37.3 Å². The summed E-state index contributed by atoms with van der Waals surface area (Å²) < 4.78 is 16.4. The number of hydrogen-bond donors (Lipinski definition) is 1. The maximum absolute atomic E-state index is 12.9. The summed E-state index contributed by atoms with van der Waals surface area (Å²) in [5, 5.41) is 2.99. The van der Waals surface area contributed by atoms with Crippen LogP contribution in [-0.4, -0.2) is 50.3 Å². The molecule has 0 bridgehead atoms. The number of hydrogen-bond acceptors (Lipinski definition) is 5. The van der Waals surface area contributed by atoms with Gasteiger partial charge in [-0.25, -0.2) is 0 Å². The molecule has 27 heavy (non-hydrogen) atoms. The molecular weight excluding hydrogens is 344 g/mol. The van der Waals surface area contributed by atoms with Crippen molar-refractivity contribution in [3.05, 3.63) is 48.5 Å². The molecule has 2 aromatic rings. The van der Waals surface area contributed by atoms with Crippen LogP contribution in [0.3, 0.4) is 0 Å². The predicted octanol–water partition coefficient (Wildman–Crippen LogP) is 3.19. The molecule has 1 aliphatic rings. The second-order valence-electron chi connectivity index (χ2n) is 6.69. The van der Waals surface area contributed by atoms with Gasteiger partial charge in [0.05, 0.1) is 25.4 Å². The Kier molecular flexibility index (Phi) is 5.86. The first-order valence-electron chi connectivity index (χ1n) is 9.03. The number of para-hydroxylation sites is 1. The maximum atomic E-state index is 12.9. The minimum absolute atomic E-state index is 0.0555. The van der Waals surface area contributed by atoms with Crippen LogP contribution in [0.15, 0.2) is 48.5 Å². The number of ether oxygens (including phenoxy) is 3. The van der Waals surface area contributed by atoms with Gasteiger partial charge in [0.25, 0.3) is 0 Å². The van der Waals surface area contributed by atoms with Crippen molar-refractivity contribution in [3.63, 3.8) is 0 Å². The summed E-state index contributed by atoms with van der Waals surface area (Å²) in [7, 11) is 3.17. The van der Waals surface area contributed by atoms with Crippen molar-refractivity contribution in [3.8, 4) is 17.2 Å². The molecule has 6 heteroatoms. The van der Waals surface area contributed by atoms with Gasteiger partial charge in [-0.1, -0.05) is 18.2 Å². The Morgan fingerprint density at radius 2 is 1.89 bits per heavy atom. The molecule has 1 heterocycles. The third kappa shape index (κ3) is 4.17. The number of amides is 1. The molecule has 0 saturated carbocycles. The van der Waals surface area contributed by atoms with E-state index in [0.717, 1.165) is 18.7 Å². The van der Waals surface area contributed by atoms with E-state index in [-0.39, 0.29) is 5.91 Å². The number of rotatable bonds is 8. The first-order valence-corrected chi connectivity index (χ1v) is 9.03. The number of carbonyl (C=O) groups excluding carboxylic acids is 1. The fourth-order valence-electron chi connectivity index (χ4n) is 3.18. The summed E-state index contributed by atoms with van der Waals surface area (Å²) in [6, 6.07) is 15.0. The van der Waals surface area contributed by atoms with Crippen LogP contribution in [0.4, 0.5) is 5.69 Å². The van der Waals surface area contributed by atoms with Gasteiger partial charge in [0.15, 0.2) is 0 Å². The van der Waals surface area contributed by atoms with Crippen molar-refractivity contribution in [1.82, 2.24) is 4.90 Å². The number of nitrogens with one attached hydrogen (secondary N) is 1. The van der Waals surface area contributed by atoms with Crippen LogP contribution in [0.25, 0.3) is 0 Å². The summed E-state index contributed by atoms with van der Waals surface area (Å²) in [6.07, 6.45) is 0.802. The molecular formula is C21H26N2O4. The van der Waals surface area contributed by atoms with Crippen molar-refractivity contribution in [1.29, 1.82) is 0 Å². The Bertz CT molecular complexity index is 781. The topological polar surface area (TPSA) is 60.0 Å². The number of benzene rings is 2. The zero-order chi connectivity index (χ0) is 19.3. The Hall–Kier alpha value is -2.73. The van der Waals surface area contributed by atoms with Gasteiger partial charge in [-0.05, 0) is 37.6 Å². The highest BCUT2D eigenvalue weighted by atomic mass is 16.5. The normalized spacial score (nSPS) is 19.1. The first-order chi connectivity index (χ1) is 13.1. The Morgan fingerprint density at radius 3 is 2.52 bits per heavy atom. The molecule has 1 fully saturated rings. The number of likely N-dealkylation sites (tertiary alicyclic amines) is 1. The average molecular weight is 370 g/mol. The van der Waals surface area contributed by atoms with Gasteiger partial charge in [-0.15, -0.1) is 0 Å². The van der Waals surface area contributed by atoms with E-state index in [4.69, 9.17) is 14.2 Å². The molecule has 0 aromatic heterocycles. The molecule has 0 radical (unpaired) electrons. The predicted molar refractivity (Wildman–Crippen MR) is 105 cm³/mol. The minimum Gasteiger partial charge on any atom is -0.497 e. The summed E-state index contributed by atoms with van der Waals surface area (Å²) in [4.78, 5) is 15.1. The van der Waals surface area contributed by atoms with E-state index < -0.39 is 5.54 Å². The molecule has 1 amide bonds. The highest BCUT2D eigenvalue weighted by Crippen LogP contribution is 2.34. The Morgan fingerprint density at radius 1 is 1.11 bits per heavy atom. The SMILES string of the molecule is COc1ccc(OC)c(NC(=O)C2(C)CCN2CCOc2ccccc2)c1. The van der Waals surface area contributed by atoms with Gasteiger partial charge in [0.2, 0.25) is 5.91 Å². The molecule has 144 valence electrons. The van der Waals surface area contributed by atoms with Crippen LogP contribution >= 0.6 is 0 Å². The van der Waals surface area contributed by atoms with E-state index in [1.54, 1.807) is 32.4 Å². The maximum Gasteiger partial charge on any atom is 0.244 e. The van der Waals surface area contributed by atoms with Crippen LogP contribution in [0.5, 0.6) is 17.2 Å². The van der Waals surface area contributed by atoms with Gasteiger partial charge in [-0.3, -0.25) is 9.69 Å². The standard InChI is InChI=1S/C21H26N2O4/c1-21(11-12-23(21)13-14-27-16-7-5-4-6-8-16)20(24)22-18-15-17(25-2)9-10-19(18)26-3/h4-10,15H,11-14H2,1-3H3,(H,22,24). The second kappa shape index (κ2) is 8.31. The first kappa shape index (κ1) is 19.0. The highest BCUT2D eigenvalue weighted by molar-refractivity contribution is 5.99. The van der Waals surface area contributed by atoms with Gasteiger partial charge in [0.1, 0.15) is 23.9 Å². The van der Waals surface area contributed by atoms with E-state index in [2.05, 4.69) is 10.2 Å². The molecule has 1 saturated heterocycles. The summed E-state index contributed by atoms with van der Waals surface area (Å²) in [5.74, 6) is 2.05. The highest BCUT2D eigenvalue weighted by Gasteiger charge is 2.46. The third-order valence-corrected chi connectivity index (χ3v) is 5.08.